The topological polar surface area (TPSA) is 95.8 Å². The normalized spacial score (nSPS) is 15.5. The maximum absolute atomic E-state index is 12.6. The number of hydrogen-bond donors (Lipinski definition) is 1. The third-order valence-electron chi connectivity index (χ3n) is 5.59. The molecule has 0 unspecified atom stereocenters. The molecule has 0 aliphatic carbocycles. The van der Waals surface area contributed by atoms with Crippen molar-refractivity contribution < 1.29 is 17.6 Å². The second-order valence-electron chi connectivity index (χ2n) is 7.87. The number of aromatic nitrogens is 1. The van der Waals surface area contributed by atoms with Crippen LogP contribution in [0.1, 0.15) is 18.4 Å². The molecule has 8 nitrogen and oxygen atoms in total. The molecule has 1 aliphatic heterocycles. The van der Waals surface area contributed by atoms with E-state index in [4.69, 9.17) is 4.42 Å². The van der Waals surface area contributed by atoms with Crippen molar-refractivity contribution >= 4 is 33.0 Å². The molecule has 1 N–H and O–H groups in total. The first-order valence-corrected chi connectivity index (χ1v) is 11.7. The number of oxazole rings is 1. The number of carbonyl (C=O) groups excluding carboxylic acids is 1. The van der Waals surface area contributed by atoms with Gasteiger partial charge in [-0.15, -0.1) is 0 Å². The lowest BCUT2D eigenvalue weighted by molar-refractivity contribution is -0.125. The Bertz CT molecular complexity index is 1130. The quantitative estimate of drug-likeness (QED) is 0.631. The summed E-state index contributed by atoms with van der Waals surface area (Å²) in [6.45, 7) is 1.79. The van der Waals surface area contributed by atoms with Gasteiger partial charge in [-0.2, -0.15) is 4.98 Å². The molecule has 9 heteroatoms. The first-order chi connectivity index (χ1) is 14.8. The lowest BCUT2D eigenvalue weighted by atomic mass is 9.96. The number of rotatable bonds is 6. The van der Waals surface area contributed by atoms with E-state index in [9.17, 15) is 13.2 Å². The second kappa shape index (κ2) is 8.68. The molecule has 3 aromatic rings. The minimum atomic E-state index is -3.45. The number of nitrogens with one attached hydrogen (secondary N) is 1. The minimum absolute atomic E-state index is 0.0159. The van der Waals surface area contributed by atoms with Gasteiger partial charge in [0.2, 0.25) is 15.9 Å². The molecule has 1 fully saturated rings. The van der Waals surface area contributed by atoms with E-state index in [-0.39, 0.29) is 16.7 Å². The van der Waals surface area contributed by atoms with Crippen LogP contribution in [0.3, 0.4) is 0 Å². The number of fused-ring (bicyclic) bond motifs is 1. The van der Waals surface area contributed by atoms with Gasteiger partial charge in [-0.1, -0.05) is 24.3 Å². The molecule has 1 aromatic heterocycles. The number of anilines is 1. The van der Waals surface area contributed by atoms with E-state index in [0.717, 1.165) is 29.5 Å². The van der Waals surface area contributed by atoms with E-state index in [2.05, 4.69) is 15.2 Å². The molecule has 0 radical (unpaired) electrons. The molecular formula is C22H26N4O4S. The van der Waals surface area contributed by atoms with Crippen LogP contribution in [-0.2, 0) is 21.4 Å². The number of piperidine rings is 1. The second-order valence-corrected chi connectivity index (χ2v) is 10.0. The molecule has 1 saturated heterocycles. The molecule has 4 rings (SSSR count). The summed E-state index contributed by atoms with van der Waals surface area (Å²) in [6, 6.07) is 14.9. The highest BCUT2D eigenvalue weighted by atomic mass is 32.2. The Hall–Kier alpha value is -2.91. The predicted octanol–water partition coefficient (Wildman–Crippen LogP) is 2.61. The summed E-state index contributed by atoms with van der Waals surface area (Å²) in [5.41, 5.74) is 2.46. The van der Waals surface area contributed by atoms with Gasteiger partial charge in [0, 0.05) is 39.6 Å². The summed E-state index contributed by atoms with van der Waals surface area (Å²) >= 11 is 0. The number of nitrogens with zero attached hydrogens (tertiary/aromatic N) is 3. The number of carbonyl (C=O) groups is 1. The lowest BCUT2D eigenvalue weighted by Gasteiger charge is -2.30. The summed E-state index contributed by atoms with van der Waals surface area (Å²) in [5.74, 6) is -0.0452. The Labute approximate surface area is 181 Å². The van der Waals surface area contributed by atoms with E-state index < -0.39 is 10.0 Å². The van der Waals surface area contributed by atoms with E-state index in [1.165, 1.54) is 18.4 Å². The van der Waals surface area contributed by atoms with Crippen LogP contribution in [0.5, 0.6) is 0 Å². The Morgan fingerprint density at radius 1 is 1.13 bits per heavy atom. The van der Waals surface area contributed by atoms with Crippen LogP contribution >= 0.6 is 0 Å². The van der Waals surface area contributed by atoms with Gasteiger partial charge in [0.05, 0.1) is 4.90 Å². The average molecular weight is 443 g/mol. The van der Waals surface area contributed by atoms with Gasteiger partial charge in [0.25, 0.3) is 6.01 Å². The molecule has 0 atom stereocenters. The van der Waals surface area contributed by atoms with Crippen molar-refractivity contribution in [1.82, 2.24) is 14.6 Å². The van der Waals surface area contributed by atoms with E-state index in [1.54, 1.807) is 24.3 Å². The van der Waals surface area contributed by atoms with Gasteiger partial charge in [0.15, 0.2) is 5.58 Å². The zero-order chi connectivity index (χ0) is 22.0. The van der Waals surface area contributed by atoms with Crippen LogP contribution in [0.15, 0.2) is 57.8 Å². The molecule has 164 valence electrons. The number of para-hydroxylation sites is 2. The highest BCUT2D eigenvalue weighted by Crippen LogP contribution is 2.26. The number of sulfonamides is 1. The molecule has 0 spiro atoms. The first kappa shape index (κ1) is 21.3. The van der Waals surface area contributed by atoms with E-state index in [1.807, 2.05) is 24.3 Å². The van der Waals surface area contributed by atoms with Crippen LogP contribution in [0.2, 0.25) is 0 Å². The Balaban J connectivity index is 1.29. The average Bonchev–Trinajstić information content (AvgIpc) is 3.22. The summed E-state index contributed by atoms with van der Waals surface area (Å²) in [6.07, 6.45) is 1.45. The number of benzene rings is 2. The van der Waals surface area contributed by atoms with E-state index in [0.29, 0.717) is 25.6 Å². The molecule has 2 heterocycles. The summed E-state index contributed by atoms with van der Waals surface area (Å²) in [4.78, 5) is 19.4. The highest BCUT2D eigenvalue weighted by Gasteiger charge is 2.27. The summed E-state index contributed by atoms with van der Waals surface area (Å²) < 4.78 is 31.3. The molecule has 0 bridgehead atoms. The third-order valence-corrected chi connectivity index (χ3v) is 7.42. The van der Waals surface area contributed by atoms with Gasteiger partial charge in [0.1, 0.15) is 5.52 Å². The Kier molecular flexibility index (Phi) is 5.97. The van der Waals surface area contributed by atoms with Crippen molar-refractivity contribution in [1.29, 1.82) is 0 Å². The Morgan fingerprint density at radius 2 is 1.81 bits per heavy atom. The van der Waals surface area contributed by atoms with Crippen molar-refractivity contribution in [2.24, 2.45) is 5.92 Å². The monoisotopic (exact) mass is 442 g/mol. The van der Waals surface area contributed by atoms with Gasteiger partial charge in [-0.3, -0.25) is 4.79 Å². The van der Waals surface area contributed by atoms with Crippen LogP contribution in [0.25, 0.3) is 11.1 Å². The highest BCUT2D eigenvalue weighted by molar-refractivity contribution is 7.89. The number of hydrogen-bond acceptors (Lipinski definition) is 6. The smallest absolute Gasteiger partial charge is 0.298 e. The van der Waals surface area contributed by atoms with Gasteiger partial charge in [-0.05, 0) is 42.7 Å². The van der Waals surface area contributed by atoms with Gasteiger partial charge in [-0.25, -0.2) is 12.7 Å². The minimum Gasteiger partial charge on any atom is -0.423 e. The molecule has 2 aromatic carbocycles. The molecule has 31 heavy (non-hydrogen) atoms. The fraction of sp³-hybridized carbons (Fsp3) is 0.364. The van der Waals surface area contributed by atoms with Crippen LogP contribution in [-0.4, -0.2) is 50.8 Å². The largest absolute Gasteiger partial charge is 0.423 e. The molecule has 0 saturated carbocycles. The van der Waals surface area contributed by atoms with Crippen molar-refractivity contribution in [3.05, 3.63) is 54.1 Å². The van der Waals surface area contributed by atoms with Gasteiger partial charge < -0.3 is 14.6 Å². The third kappa shape index (κ3) is 4.57. The van der Waals surface area contributed by atoms with Crippen molar-refractivity contribution in [2.45, 2.75) is 24.3 Å². The van der Waals surface area contributed by atoms with Crippen LogP contribution in [0, 0.1) is 5.92 Å². The number of amides is 1. The van der Waals surface area contributed by atoms with Crippen LogP contribution in [0.4, 0.5) is 6.01 Å². The standard InChI is InChI=1S/C22H26N4O4S/c1-25(2)31(28,29)18-9-7-16(8-10-18)15-23-21(27)17-11-13-26(14-12-17)22-24-19-5-3-4-6-20(19)30-22/h3-10,17H,11-15H2,1-2H3,(H,23,27). The molecular weight excluding hydrogens is 416 g/mol. The zero-order valence-electron chi connectivity index (χ0n) is 17.6. The SMILES string of the molecule is CN(C)S(=O)(=O)c1ccc(CNC(=O)C2CCN(c3nc4ccccc4o3)CC2)cc1. The lowest BCUT2D eigenvalue weighted by Crippen LogP contribution is -2.40. The van der Waals surface area contributed by atoms with Gasteiger partial charge >= 0.3 is 0 Å². The Morgan fingerprint density at radius 3 is 2.45 bits per heavy atom. The van der Waals surface area contributed by atoms with Crippen molar-refractivity contribution in [2.75, 3.05) is 32.1 Å². The zero-order valence-corrected chi connectivity index (χ0v) is 18.4. The fourth-order valence-corrected chi connectivity index (χ4v) is 4.55. The fourth-order valence-electron chi connectivity index (χ4n) is 3.65. The maximum atomic E-state index is 12.6. The first-order valence-electron chi connectivity index (χ1n) is 10.2. The molecule has 1 amide bonds. The van der Waals surface area contributed by atoms with E-state index >= 15 is 0 Å². The summed E-state index contributed by atoms with van der Waals surface area (Å²) in [7, 11) is -0.452. The predicted molar refractivity (Wildman–Crippen MR) is 118 cm³/mol. The maximum Gasteiger partial charge on any atom is 0.298 e. The van der Waals surface area contributed by atoms with Crippen molar-refractivity contribution in [3.8, 4) is 0 Å². The van der Waals surface area contributed by atoms with Crippen molar-refractivity contribution in [3.63, 3.8) is 0 Å². The van der Waals surface area contributed by atoms with Crippen LogP contribution < -0.4 is 10.2 Å². The summed E-state index contributed by atoms with van der Waals surface area (Å²) in [5, 5.41) is 2.97. The molecule has 1 aliphatic rings.